The minimum Gasteiger partial charge on any atom is -0.380 e. The molecular weight excluding hydrogens is 224 g/mol. The normalized spacial score (nSPS) is 34.5. The van der Waals surface area contributed by atoms with Crippen LogP contribution in [-0.2, 0) is 4.74 Å². The Morgan fingerprint density at radius 2 is 2.12 bits per heavy atom. The topological polar surface area (TPSA) is 38.5 Å². The summed E-state index contributed by atoms with van der Waals surface area (Å²) in [5, 5.41) is 0. The maximum absolute atomic E-state index is 6.18. The lowest BCUT2D eigenvalue weighted by Crippen LogP contribution is -2.38. The molecular formula is C12H25ClN2O. The van der Waals surface area contributed by atoms with Crippen LogP contribution in [0.5, 0.6) is 0 Å². The molecule has 0 aromatic heterocycles. The van der Waals surface area contributed by atoms with Crippen molar-refractivity contribution in [3.63, 3.8) is 0 Å². The van der Waals surface area contributed by atoms with E-state index in [0.29, 0.717) is 6.04 Å². The number of halogens is 1. The number of ether oxygens (including phenoxy) is 1. The first kappa shape index (κ1) is 14.2. The number of hydrogen-bond acceptors (Lipinski definition) is 3. The van der Waals surface area contributed by atoms with Crippen molar-refractivity contribution < 1.29 is 4.74 Å². The molecule has 3 atom stereocenters. The first-order chi connectivity index (χ1) is 7.31. The van der Waals surface area contributed by atoms with Crippen molar-refractivity contribution in [2.24, 2.45) is 17.6 Å². The van der Waals surface area contributed by atoms with Gasteiger partial charge in [-0.1, -0.05) is 6.42 Å². The molecule has 0 aromatic carbocycles. The van der Waals surface area contributed by atoms with Crippen LogP contribution >= 0.6 is 12.4 Å². The second-order valence-electron chi connectivity index (χ2n) is 4.98. The molecule has 0 amide bonds. The molecule has 3 nitrogen and oxygen atoms in total. The second kappa shape index (κ2) is 6.80. The Bertz CT molecular complexity index is 203. The van der Waals surface area contributed by atoms with Gasteiger partial charge < -0.3 is 15.4 Å². The van der Waals surface area contributed by atoms with E-state index in [9.17, 15) is 0 Å². The summed E-state index contributed by atoms with van der Waals surface area (Å²) < 4.78 is 5.40. The highest BCUT2D eigenvalue weighted by molar-refractivity contribution is 5.85. The molecule has 0 aromatic rings. The van der Waals surface area contributed by atoms with Crippen LogP contribution in [-0.4, -0.2) is 43.8 Å². The third kappa shape index (κ3) is 3.33. The van der Waals surface area contributed by atoms with Crippen molar-refractivity contribution in [2.75, 3.05) is 32.8 Å². The molecule has 1 heterocycles. The number of likely N-dealkylation sites (tertiary alicyclic amines) is 1. The summed E-state index contributed by atoms with van der Waals surface area (Å²) in [6.45, 7) is 7.32. The predicted molar refractivity (Wildman–Crippen MR) is 69.0 cm³/mol. The van der Waals surface area contributed by atoms with E-state index in [1.165, 1.54) is 32.4 Å². The molecule has 0 radical (unpaired) electrons. The fourth-order valence-electron chi connectivity index (χ4n) is 3.13. The van der Waals surface area contributed by atoms with Gasteiger partial charge in [-0.15, -0.1) is 12.4 Å². The molecule has 0 bridgehead atoms. The van der Waals surface area contributed by atoms with Crippen LogP contribution in [0, 0.1) is 11.8 Å². The average Bonchev–Trinajstić information content (AvgIpc) is 2.63. The van der Waals surface area contributed by atoms with Gasteiger partial charge in [0, 0.05) is 32.3 Å². The van der Waals surface area contributed by atoms with Crippen molar-refractivity contribution in [1.29, 1.82) is 0 Å². The maximum Gasteiger partial charge on any atom is 0.0593 e. The number of nitrogens with two attached hydrogens (primary N) is 1. The number of hydrogen-bond donors (Lipinski definition) is 1. The van der Waals surface area contributed by atoms with Crippen LogP contribution < -0.4 is 5.73 Å². The monoisotopic (exact) mass is 248 g/mol. The smallest absolute Gasteiger partial charge is 0.0593 e. The van der Waals surface area contributed by atoms with Gasteiger partial charge in [0.15, 0.2) is 0 Å². The Kier molecular flexibility index (Phi) is 6.05. The fourth-order valence-corrected chi connectivity index (χ4v) is 3.13. The highest BCUT2D eigenvalue weighted by atomic mass is 35.5. The van der Waals surface area contributed by atoms with E-state index < -0.39 is 0 Å². The Morgan fingerprint density at radius 3 is 2.81 bits per heavy atom. The lowest BCUT2D eigenvalue weighted by molar-refractivity contribution is 0.120. The summed E-state index contributed by atoms with van der Waals surface area (Å²) in [5.41, 5.74) is 6.18. The van der Waals surface area contributed by atoms with Crippen LogP contribution in [0.3, 0.4) is 0 Å². The Morgan fingerprint density at radius 1 is 1.31 bits per heavy atom. The minimum atomic E-state index is 0. The molecule has 1 aliphatic heterocycles. The van der Waals surface area contributed by atoms with Gasteiger partial charge in [0.25, 0.3) is 0 Å². The second-order valence-corrected chi connectivity index (χ2v) is 4.98. The molecule has 96 valence electrons. The third-order valence-corrected chi connectivity index (χ3v) is 3.99. The largest absolute Gasteiger partial charge is 0.380 e. The van der Waals surface area contributed by atoms with Gasteiger partial charge in [-0.3, -0.25) is 0 Å². The SMILES string of the molecule is CCOCCN1CC2CCCC(N)C2C1.Cl. The molecule has 1 aliphatic carbocycles. The fraction of sp³-hybridized carbons (Fsp3) is 1.00. The molecule has 2 N–H and O–H groups in total. The molecule has 4 heteroatoms. The third-order valence-electron chi connectivity index (χ3n) is 3.99. The zero-order valence-electron chi connectivity index (χ0n) is 10.2. The zero-order valence-corrected chi connectivity index (χ0v) is 11.0. The van der Waals surface area contributed by atoms with Crippen molar-refractivity contribution in [3.8, 4) is 0 Å². The van der Waals surface area contributed by atoms with Gasteiger partial charge in [0.05, 0.1) is 6.61 Å². The summed E-state index contributed by atoms with van der Waals surface area (Å²) in [7, 11) is 0. The standard InChI is InChI=1S/C12H24N2O.ClH/c1-2-15-7-6-14-8-10-4-3-5-12(13)11(10)9-14;/h10-12H,2-9,13H2,1H3;1H. The summed E-state index contributed by atoms with van der Waals surface area (Å²) >= 11 is 0. The quantitative estimate of drug-likeness (QED) is 0.767. The van der Waals surface area contributed by atoms with Crippen LogP contribution in [0.15, 0.2) is 0 Å². The van der Waals surface area contributed by atoms with E-state index in [2.05, 4.69) is 11.8 Å². The molecule has 2 fully saturated rings. The van der Waals surface area contributed by atoms with E-state index in [0.717, 1.165) is 31.6 Å². The number of nitrogens with zero attached hydrogens (tertiary/aromatic N) is 1. The van der Waals surface area contributed by atoms with Gasteiger partial charge >= 0.3 is 0 Å². The zero-order chi connectivity index (χ0) is 10.7. The lowest BCUT2D eigenvalue weighted by atomic mass is 9.78. The first-order valence-corrected chi connectivity index (χ1v) is 6.37. The van der Waals surface area contributed by atoms with Crippen molar-refractivity contribution >= 4 is 12.4 Å². The highest BCUT2D eigenvalue weighted by Crippen LogP contribution is 2.35. The van der Waals surface area contributed by atoms with Crippen LogP contribution in [0.25, 0.3) is 0 Å². The van der Waals surface area contributed by atoms with Gasteiger partial charge in [-0.05, 0) is 31.6 Å². The van der Waals surface area contributed by atoms with Crippen LogP contribution in [0.2, 0.25) is 0 Å². The molecule has 3 unspecified atom stereocenters. The van der Waals surface area contributed by atoms with E-state index in [1.807, 2.05) is 0 Å². The van der Waals surface area contributed by atoms with Crippen LogP contribution in [0.4, 0.5) is 0 Å². The van der Waals surface area contributed by atoms with E-state index in [1.54, 1.807) is 0 Å². The van der Waals surface area contributed by atoms with Gasteiger partial charge in [0.1, 0.15) is 0 Å². The van der Waals surface area contributed by atoms with E-state index in [-0.39, 0.29) is 12.4 Å². The molecule has 2 rings (SSSR count). The van der Waals surface area contributed by atoms with Crippen molar-refractivity contribution in [3.05, 3.63) is 0 Å². The Labute approximate surface area is 105 Å². The van der Waals surface area contributed by atoms with Gasteiger partial charge in [-0.2, -0.15) is 0 Å². The molecule has 1 saturated heterocycles. The van der Waals surface area contributed by atoms with Crippen molar-refractivity contribution in [2.45, 2.75) is 32.2 Å². The minimum absolute atomic E-state index is 0. The van der Waals surface area contributed by atoms with Crippen LogP contribution in [0.1, 0.15) is 26.2 Å². The number of fused-ring (bicyclic) bond motifs is 1. The Hall–Kier alpha value is 0.170. The lowest BCUT2D eigenvalue weighted by Gasteiger charge is -2.29. The Balaban J connectivity index is 0.00000128. The highest BCUT2D eigenvalue weighted by Gasteiger charge is 2.38. The maximum atomic E-state index is 6.18. The van der Waals surface area contributed by atoms with E-state index >= 15 is 0 Å². The molecule has 16 heavy (non-hydrogen) atoms. The summed E-state index contributed by atoms with van der Waals surface area (Å²) in [5.74, 6) is 1.63. The summed E-state index contributed by atoms with van der Waals surface area (Å²) in [4.78, 5) is 2.54. The molecule has 0 spiro atoms. The summed E-state index contributed by atoms with van der Waals surface area (Å²) in [6, 6.07) is 0.459. The first-order valence-electron chi connectivity index (χ1n) is 6.37. The van der Waals surface area contributed by atoms with E-state index in [4.69, 9.17) is 10.5 Å². The molecule has 1 saturated carbocycles. The summed E-state index contributed by atoms with van der Waals surface area (Å²) in [6.07, 6.45) is 3.96. The predicted octanol–water partition coefficient (Wildman–Crippen LogP) is 1.50. The average molecular weight is 249 g/mol. The van der Waals surface area contributed by atoms with Gasteiger partial charge in [-0.25, -0.2) is 0 Å². The molecule has 2 aliphatic rings. The van der Waals surface area contributed by atoms with Crippen molar-refractivity contribution in [1.82, 2.24) is 4.90 Å². The number of rotatable bonds is 4. The van der Waals surface area contributed by atoms with Gasteiger partial charge in [0.2, 0.25) is 0 Å².